The summed E-state index contributed by atoms with van der Waals surface area (Å²) in [5.41, 5.74) is -3.15. The highest BCUT2D eigenvalue weighted by molar-refractivity contribution is 5.63. The molecule has 5 nitrogen and oxygen atoms in total. The average Bonchev–Trinajstić information content (AvgIpc) is 3.36. The molecule has 0 spiro atoms. The van der Waals surface area contributed by atoms with E-state index in [0.717, 1.165) is 0 Å². The Hall–Kier alpha value is -3.70. The molecule has 160 valence electrons. The second kappa shape index (κ2) is 7.22. The van der Waals surface area contributed by atoms with E-state index in [1.807, 2.05) is 0 Å². The molecule has 0 bridgehead atoms. The molecule has 2 heterocycles. The first kappa shape index (κ1) is 20.6. The Morgan fingerprint density at radius 1 is 0.677 bits per heavy atom. The van der Waals surface area contributed by atoms with Crippen molar-refractivity contribution in [2.45, 2.75) is 12.4 Å². The molecule has 0 aliphatic heterocycles. The smallest absolute Gasteiger partial charge is 0.414 e. The van der Waals surface area contributed by atoms with Gasteiger partial charge in [-0.3, -0.25) is 0 Å². The number of hydrogen-bond acceptors (Lipinski definition) is 5. The van der Waals surface area contributed by atoms with Gasteiger partial charge in [0.15, 0.2) is 11.5 Å². The van der Waals surface area contributed by atoms with Crippen molar-refractivity contribution in [2.24, 2.45) is 0 Å². The summed E-state index contributed by atoms with van der Waals surface area (Å²) in [4.78, 5) is 0. The van der Waals surface area contributed by atoms with Gasteiger partial charge in [-0.15, -0.1) is 10.2 Å². The van der Waals surface area contributed by atoms with Crippen molar-refractivity contribution < 1.29 is 39.7 Å². The van der Waals surface area contributed by atoms with Crippen LogP contribution in [0.3, 0.4) is 0 Å². The fraction of sp³-hybridized carbons (Fsp3) is 0.105. The molecule has 4 rings (SSSR count). The Balaban J connectivity index is 1.70. The summed E-state index contributed by atoms with van der Waals surface area (Å²) in [6.07, 6.45) is -10.0. The van der Waals surface area contributed by atoms with Crippen molar-refractivity contribution in [3.63, 3.8) is 0 Å². The van der Waals surface area contributed by atoms with Crippen molar-refractivity contribution in [1.82, 2.24) is 15.4 Å². The first-order chi connectivity index (χ1) is 14.5. The van der Waals surface area contributed by atoms with E-state index < -0.39 is 40.8 Å². The van der Waals surface area contributed by atoms with E-state index in [4.69, 9.17) is 8.94 Å². The van der Waals surface area contributed by atoms with Crippen LogP contribution >= 0.6 is 0 Å². The van der Waals surface area contributed by atoms with Crippen LogP contribution in [0.5, 0.6) is 0 Å². The zero-order valence-electron chi connectivity index (χ0n) is 14.9. The third-order valence-electron chi connectivity index (χ3n) is 4.12. The standard InChI is InChI=1S/C19H8F7N3O2/c20-13-3-1-9(2-4-13)15-8-14(29-31-15)17-28-27-16(30-17)10-5-11(18(21,22)23)7-12(6-10)19(24,25)26/h1-8H. The van der Waals surface area contributed by atoms with E-state index in [1.165, 1.54) is 30.3 Å². The van der Waals surface area contributed by atoms with Gasteiger partial charge in [-0.1, -0.05) is 5.16 Å². The molecule has 0 saturated heterocycles. The van der Waals surface area contributed by atoms with Gasteiger partial charge in [-0.05, 0) is 42.5 Å². The largest absolute Gasteiger partial charge is 0.416 e. The maximum atomic E-state index is 13.0. The minimum absolute atomic E-state index is 0.00657. The molecule has 4 aromatic rings. The van der Waals surface area contributed by atoms with Crippen LogP contribution in [0.4, 0.5) is 30.7 Å². The summed E-state index contributed by atoms with van der Waals surface area (Å²) in [6, 6.07) is 7.49. The van der Waals surface area contributed by atoms with Gasteiger partial charge in [0.05, 0.1) is 11.1 Å². The number of benzene rings is 2. The minimum Gasteiger partial charge on any atom is -0.414 e. The molecule has 0 radical (unpaired) electrons. The first-order valence-electron chi connectivity index (χ1n) is 8.37. The Morgan fingerprint density at radius 3 is 1.84 bits per heavy atom. The van der Waals surface area contributed by atoms with Gasteiger partial charge in [0.25, 0.3) is 5.89 Å². The van der Waals surface area contributed by atoms with Crippen molar-refractivity contribution in [3.8, 4) is 34.4 Å². The Labute approximate surface area is 168 Å². The highest BCUT2D eigenvalue weighted by Crippen LogP contribution is 2.38. The van der Waals surface area contributed by atoms with Gasteiger partial charge in [-0.25, -0.2) is 4.39 Å². The topological polar surface area (TPSA) is 65.0 Å². The molecular weight excluding hydrogens is 435 g/mol. The normalized spacial score (nSPS) is 12.4. The molecule has 0 aliphatic carbocycles. The molecule has 2 aromatic heterocycles. The molecule has 0 unspecified atom stereocenters. The zero-order chi connectivity index (χ0) is 22.4. The Kier molecular flexibility index (Phi) is 4.79. The highest BCUT2D eigenvalue weighted by atomic mass is 19.4. The van der Waals surface area contributed by atoms with Gasteiger partial charge >= 0.3 is 12.4 Å². The zero-order valence-corrected chi connectivity index (χ0v) is 14.9. The van der Waals surface area contributed by atoms with Crippen LogP contribution in [0, 0.1) is 5.82 Å². The lowest BCUT2D eigenvalue weighted by atomic mass is 10.0. The van der Waals surface area contributed by atoms with Gasteiger partial charge in [-0.2, -0.15) is 26.3 Å². The van der Waals surface area contributed by atoms with Gasteiger partial charge in [0.2, 0.25) is 5.89 Å². The van der Waals surface area contributed by atoms with E-state index in [2.05, 4.69) is 15.4 Å². The minimum atomic E-state index is -5.02. The van der Waals surface area contributed by atoms with E-state index in [9.17, 15) is 30.7 Å². The van der Waals surface area contributed by atoms with Crippen LogP contribution < -0.4 is 0 Å². The molecule has 2 aromatic carbocycles. The summed E-state index contributed by atoms with van der Waals surface area (Å²) < 4.78 is 102. The summed E-state index contributed by atoms with van der Waals surface area (Å²) in [5.74, 6) is -1.13. The number of aromatic nitrogens is 3. The summed E-state index contributed by atoms with van der Waals surface area (Å²) in [5, 5.41) is 10.8. The van der Waals surface area contributed by atoms with Gasteiger partial charge in [0.1, 0.15) is 5.82 Å². The van der Waals surface area contributed by atoms with Crippen LogP contribution in [0.15, 0.2) is 57.5 Å². The fourth-order valence-corrected chi connectivity index (χ4v) is 2.65. The number of rotatable bonds is 3. The van der Waals surface area contributed by atoms with E-state index in [0.29, 0.717) is 17.7 Å². The van der Waals surface area contributed by atoms with Gasteiger partial charge in [0, 0.05) is 17.2 Å². The number of hydrogen-bond donors (Lipinski definition) is 0. The fourth-order valence-electron chi connectivity index (χ4n) is 2.65. The Bertz CT molecular complexity index is 1190. The van der Waals surface area contributed by atoms with Gasteiger partial charge < -0.3 is 8.94 Å². The second-order valence-corrected chi connectivity index (χ2v) is 6.29. The van der Waals surface area contributed by atoms with Crippen LogP contribution in [-0.2, 0) is 12.4 Å². The van der Waals surface area contributed by atoms with Crippen molar-refractivity contribution in [2.75, 3.05) is 0 Å². The maximum absolute atomic E-state index is 13.0. The molecule has 0 atom stereocenters. The summed E-state index contributed by atoms with van der Waals surface area (Å²) in [6.45, 7) is 0. The van der Waals surface area contributed by atoms with Crippen molar-refractivity contribution in [3.05, 3.63) is 65.5 Å². The average molecular weight is 443 g/mol. The predicted octanol–water partition coefficient (Wildman–Crippen LogP) is 6.24. The van der Waals surface area contributed by atoms with Crippen LogP contribution in [0.2, 0.25) is 0 Å². The highest BCUT2D eigenvalue weighted by Gasteiger charge is 2.37. The molecule has 31 heavy (non-hydrogen) atoms. The number of halogens is 7. The SMILES string of the molecule is Fc1ccc(-c2cc(-c3nnc(-c4cc(C(F)(F)F)cc(C(F)(F)F)c4)o3)no2)cc1. The molecule has 0 fully saturated rings. The monoisotopic (exact) mass is 443 g/mol. The van der Waals surface area contributed by atoms with E-state index in [1.54, 1.807) is 0 Å². The van der Waals surface area contributed by atoms with E-state index in [-0.39, 0.29) is 23.4 Å². The van der Waals surface area contributed by atoms with Crippen molar-refractivity contribution >= 4 is 0 Å². The third kappa shape index (κ3) is 4.27. The van der Waals surface area contributed by atoms with Crippen LogP contribution in [0.1, 0.15) is 11.1 Å². The van der Waals surface area contributed by atoms with Crippen molar-refractivity contribution in [1.29, 1.82) is 0 Å². The molecule has 0 amide bonds. The Morgan fingerprint density at radius 2 is 1.26 bits per heavy atom. The van der Waals surface area contributed by atoms with E-state index >= 15 is 0 Å². The van der Waals surface area contributed by atoms with Crippen LogP contribution in [-0.4, -0.2) is 15.4 Å². The summed E-state index contributed by atoms with van der Waals surface area (Å²) >= 11 is 0. The lowest BCUT2D eigenvalue weighted by Gasteiger charge is -2.12. The lowest BCUT2D eigenvalue weighted by Crippen LogP contribution is -2.11. The second-order valence-electron chi connectivity index (χ2n) is 6.29. The lowest BCUT2D eigenvalue weighted by molar-refractivity contribution is -0.143. The quantitative estimate of drug-likeness (QED) is 0.351. The summed E-state index contributed by atoms with van der Waals surface area (Å²) in [7, 11) is 0. The molecule has 12 heteroatoms. The number of alkyl halides is 6. The molecule has 0 saturated carbocycles. The molecular formula is C19H8F7N3O2. The molecule has 0 N–H and O–H groups in total. The van der Waals surface area contributed by atoms with Crippen LogP contribution in [0.25, 0.3) is 34.4 Å². The third-order valence-corrected chi connectivity index (χ3v) is 4.12. The number of nitrogens with zero attached hydrogens (tertiary/aromatic N) is 3. The first-order valence-corrected chi connectivity index (χ1v) is 8.37. The predicted molar refractivity (Wildman–Crippen MR) is 90.6 cm³/mol. The molecule has 0 aliphatic rings. The maximum Gasteiger partial charge on any atom is 0.416 e.